The number of fused-ring (bicyclic) bond motifs is 1. The minimum absolute atomic E-state index is 0.123. The van der Waals surface area contributed by atoms with E-state index >= 15 is 0 Å². The average Bonchev–Trinajstić information content (AvgIpc) is 2.70. The second kappa shape index (κ2) is 3.12. The van der Waals surface area contributed by atoms with E-state index < -0.39 is 23.2 Å². The number of nitrogens with zero attached hydrogens (tertiary/aromatic N) is 1. The molecule has 1 heterocycles. The van der Waals surface area contributed by atoms with Crippen molar-refractivity contribution in [2.75, 3.05) is 6.54 Å². The van der Waals surface area contributed by atoms with Crippen LogP contribution in [0.5, 0.6) is 0 Å². The standard InChI is InChI=1S/C11H17NO4/c1-10(2,3)16-9(15)12-5-4-7-6-11(7,12)8(13)14/h7H,4-6H2,1-3H3,(H,13,14). The Morgan fingerprint density at radius 1 is 1.44 bits per heavy atom. The van der Waals surface area contributed by atoms with Gasteiger partial charge in [0, 0.05) is 6.54 Å². The number of carbonyl (C=O) groups excluding carboxylic acids is 1. The van der Waals surface area contributed by atoms with E-state index in [0.717, 1.165) is 6.42 Å². The van der Waals surface area contributed by atoms with E-state index in [-0.39, 0.29) is 5.92 Å². The summed E-state index contributed by atoms with van der Waals surface area (Å²) in [4.78, 5) is 24.4. The van der Waals surface area contributed by atoms with Gasteiger partial charge in [0.1, 0.15) is 11.1 Å². The minimum Gasteiger partial charge on any atom is -0.479 e. The number of aliphatic carboxylic acids is 1. The molecule has 1 saturated carbocycles. The molecule has 0 spiro atoms. The Labute approximate surface area is 94.4 Å². The second-order valence-electron chi connectivity index (χ2n) is 5.55. The molecular formula is C11H17NO4. The van der Waals surface area contributed by atoms with E-state index in [9.17, 15) is 14.7 Å². The van der Waals surface area contributed by atoms with Crippen LogP contribution in [-0.2, 0) is 9.53 Å². The average molecular weight is 227 g/mol. The second-order valence-corrected chi connectivity index (χ2v) is 5.55. The highest BCUT2D eigenvalue weighted by molar-refractivity contribution is 5.89. The number of hydrogen-bond donors (Lipinski definition) is 1. The van der Waals surface area contributed by atoms with Gasteiger partial charge in [0.25, 0.3) is 0 Å². The van der Waals surface area contributed by atoms with E-state index in [4.69, 9.17) is 4.74 Å². The lowest BCUT2D eigenvalue weighted by Gasteiger charge is -2.28. The van der Waals surface area contributed by atoms with E-state index in [1.807, 2.05) is 0 Å². The molecule has 2 atom stereocenters. The predicted octanol–water partition coefficient (Wildman–Crippen LogP) is 1.47. The van der Waals surface area contributed by atoms with Crippen molar-refractivity contribution in [2.24, 2.45) is 5.92 Å². The lowest BCUT2D eigenvalue weighted by atomic mass is 10.2. The van der Waals surface area contributed by atoms with E-state index in [2.05, 4.69) is 0 Å². The monoisotopic (exact) mass is 227 g/mol. The summed E-state index contributed by atoms with van der Waals surface area (Å²) in [5.74, 6) is -0.779. The Balaban J connectivity index is 2.11. The molecule has 1 aliphatic carbocycles. The van der Waals surface area contributed by atoms with Gasteiger partial charge in [-0.1, -0.05) is 0 Å². The summed E-state index contributed by atoms with van der Waals surface area (Å²) in [6, 6.07) is 0. The molecule has 0 aromatic heterocycles. The number of carboxylic acid groups (broad SMARTS) is 1. The summed E-state index contributed by atoms with van der Waals surface area (Å²) in [7, 11) is 0. The molecule has 0 aromatic rings. The molecular weight excluding hydrogens is 210 g/mol. The SMILES string of the molecule is CC(C)(C)OC(=O)N1CCC2CC21C(=O)O. The molecule has 0 radical (unpaired) electrons. The molecule has 2 aliphatic rings. The molecule has 90 valence electrons. The van der Waals surface area contributed by atoms with Crippen LogP contribution in [0.3, 0.4) is 0 Å². The van der Waals surface area contributed by atoms with Gasteiger partial charge in [0.2, 0.25) is 0 Å². The summed E-state index contributed by atoms with van der Waals surface area (Å²) in [5, 5.41) is 9.18. The van der Waals surface area contributed by atoms with Gasteiger partial charge < -0.3 is 9.84 Å². The maximum Gasteiger partial charge on any atom is 0.411 e. The molecule has 1 N–H and O–H groups in total. The van der Waals surface area contributed by atoms with Crippen molar-refractivity contribution in [3.05, 3.63) is 0 Å². The Morgan fingerprint density at radius 2 is 2.06 bits per heavy atom. The zero-order valence-corrected chi connectivity index (χ0v) is 9.82. The van der Waals surface area contributed by atoms with Crippen LogP contribution in [0, 0.1) is 5.92 Å². The van der Waals surface area contributed by atoms with Crippen LogP contribution in [0.2, 0.25) is 0 Å². The predicted molar refractivity (Wildman–Crippen MR) is 56.0 cm³/mol. The molecule has 1 amide bonds. The van der Waals surface area contributed by atoms with Crippen LogP contribution in [0.25, 0.3) is 0 Å². The van der Waals surface area contributed by atoms with Crippen LogP contribution in [0.1, 0.15) is 33.6 Å². The third-order valence-electron chi connectivity index (χ3n) is 3.24. The van der Waals surface area contributed by atoms with E-state index in [0.29, 0.717) is 13.0 Å². The van der Waals surface area contributed by atoms with Crippen molar-refractivity contribution in [2.45, 2.75) is 44.8 Å². The number of hydrogen-bond acceptors (Lipinski definition) is 3. The molecule has 5 heteroatoms. The molecule has 2 fully saturated rings. The summed E-state index contributed by atoms with van der Waals surface area (Å²) in [5.41, 5.74) is -1.54. The molecule has 0 aromatic carbocycles. The van der Waals surface area contributed by atoms with Gasteiger partial charge >= 0.3 is 12.1 Å². The fourth-order valence-electron chi connectivity index (χ4n) is 2.42. The van der Waals surface area contributed by atoms with Crippen molar-refractivity contribution < 1.29 is 19.4 Å². The normalized spacial score (nSPS) is 32.2. The Kier molecular flexibility index (Phi) is 2.19. The molecule has 2 rings (SSSR count). The first kappa shape index (κ1) is 11.2. The molecule has 2 unspecified atom stereocenters. The molecule has 0 bridgehead atoms. The fraction of sp³-hybridized carbons (Fsp3) is 0.818. The molecule has 1 aliphatic heterocycles. The van der Waals surface area contributed by atoms with Gasteiger partial charge in [-0.3, -0.25) is 4.90 Å². The highest BCUT2D eigenvalue weighted by Gasteiger charge is 2.69. The smallest absolute Gasteiger partial charge is 0.411 e. The maximum atomic E-state index is 11.8. The lowest BCUT2D eigenvalue weighted by Crippen LogP contribution is -2.47. The van der Waals surface area contributed by atoms with Crippen LogP contribution in [0.4, 0.5) is 4.79 Å². The third-order valence-corrected chi connectivity index (χ3v) is 3.24. The Bertz CT molecular complexity index is 346. The number of rotatable bonds is 1. The molecule has 16 heavy (non-hydrogen) atoms. The van der Waals surface area contributed by atoms with Crippen LogP contribution in [-0.4, -0.2) is 39.8 Å². The van der Waals surface area contributed by atoms with Gasteiger partial charge in [0.05, 0.1) is 0 Å². The van der Waals surface area contributed by atoms with E-state index in [1.54, 1.807) is 20.8 Å². The zero-order valence-electron chi connectivity index (χ0n) is 9.82. The summed E-state index contributed by atoms with van der Waals surface area (Å²) < 4.78 is 5.22. The van der Waals surface area contributed by atoms with Crippen LogP contribution < -0.4 is 0 Å². The van der Waals surface area contributed by atoms with Gasteiger partial charge in [-0.25, -0.2) is 9.59 Å². The first-order chi connectivity index (χ1) is 7.27. The van der Waals surface area contributed by atoms with Crippen molar-refractivity contribution in [3.63, 3.8) is 0 Å². The van der Waals surface area contributed by atoms with Gasteiger partial charge in [-0.2, -0.15) is 0 Å². The number of piperidine rings is 1. The largest absolute Gasteiger partial charge is 0.479 e. The number of amides is 1. The quantitative estimate of drug-likeness (QED) is 0.736. The first-order valence-electron chi connectivity index (χ1n) is 5.51. The Morgan fingerprint density at radius 3 is 2.50 bits per heavy atom. The summed E-state index contributed by atoms with van der Waals surface area (Å²) in [6.07, 6.45) is 0.836. The minimum atomic E-state index is -0.956. The van der Waals surface area contributed by atoms with Crippen molar-refractivity contribution in [1.29, 1.82) is 0 Å². The van der Waals surface area contributed by atoms with Crippen molar-refractivity contribution in [3.8, 4) is 0 Å². The molecule has 1 saturated heterocycles. The van der Waals surface area contributed by atoms with Gasteiger partial charge in [-0.05, 0) is 39.5 Å². The number of likely N-dealkylation sites (tertiary alicyclic amines) is 1. The van der Waals surface area contributed by atoms with Gasteiger partial charge in [-0.15, -0.1) is 0 Å². The highest BCUT2D eigenvalue weighted by atomic mass is 16.6. The summed E-state index contributed by atoms with van der Waals surface area (Å²) >= 11 is 0. The van der Waals surface area contributed by atoms with Crippen LogP contribution in [0.15, 0.2) is 0 Å². The molecule has 5 nitrogen and oxygen atoms in total. The fourth-order valence-corrected chi connectivity index (χ4v) is 2.42. The van der Waals surface area contributed by atoms with Crippen molar-refractivity contribution in [1.82, 2.24) is 4.90 Å². The number of carboxylic acids is 1. The van der Waals surface area contributed by atoms with E-state index in [1.165, 1.54) is 4.90 Å². The van der Waals surface area contributed by atoms with Crippen LogP contribution >= 0.6 is 0 Å². The zero-order chi connectivity index (χ0) is 12.1. The maximum absolute atomic E-state index is 11.8. The topological polar surface area (TPSA) is 66.8 Å². The summed E-state index contributed by atoms with van der Waals surface area (Å²) in [6.45, 7) is 5.82. The van der Waals surface area contributed by atoms with Gasteiger partial charge in [0.15, 0.2) is 0 Å². The highest BCUT2D eigenvalue weighted by Crippen LogP contribution is 2.56. The number of carbonyl (C=O) groups is 2. The Hall–Kier alpha value is -1.26. The lowest BCUT2D eigenvalue weighted by molar-refractivity contribution is -0.144. The number of ether oxygens (including phenoxy) is 1. The van der Waals surface area contributed by atoms with Crippen molar-refractivity contribution >= 4 is 12.1 Å². The first-order valence-corrected chi connectivity index (χ1v) is 5.51. The third kappa shape index (κ3) is 1.54.